The lowest BCUT2D eigenvalue weighted by Gasteiger charge is -2.20. The van der Waals surface area contributed by atoms with E-state index in [9.17, 15) is 9.59 Å². The molecule has 1 fully saturated rings. The first-order valence-corrected chi connectivity index (χ1v) is 8.05. The minimum absolute atomic E-state index is 0.00265. The number of amides is 2. The van der Waals surface area contributed by atoms with Crippen LogP contribution in [0.15, 0.2) is 48.5 Å². The van der Waals surface area contributed by atoms with Crippen LogP contribution in [0.3, 0.4) is 0 Å². The van der Waals surface area contributed by atoms with Crippen LogP contribution in [0.1, 0.15) is 30.4 Å². The van der Waals surface area contributed by atoms with Crippen molar-refractivity contribution in [2.75, 3.05) is 4.90 Å². The molecule has 0 bridgehead atoms. The highest BCUT2D eigenvalue weighted by molar-refractivity contribution is 6.32. The lowest BCUT2D eigenvalue weighted by atomic mass is 9.86. The van der Waals surface area contributed by atoms with Crippen molar-refractivity contribution in [2.24, 2.45) is 5.92 Å². The summed E-state index contributed by atoms with van der Waals surface area (Å²) in [6.07, 6.45) is 0.237. The molecule has 0 spiro atoms. The number of hydrogen-bond donors (Lipinski definition) is 0. The number of benzene rings is 2. The number of carbonyl (C=O) groups excluding carboxylic acids is 2. The van der Waals surface area contributed by atoms with Crippen molar-refractivity contribution >= 4 is 29.1 Å². The Hall–Kier alpha value is -2.13. The van der Waals surface area contributed by atoms with E-state index in [1.54, 1.807) is 18.2 Å². The lowest BCUT2D eigenvalue weighted by molar-refractivity contribution is -0.122. The summed E-state index contributed by atoms with van der Waals surface area (Å²) in [5.74, 6) is -0.634. The molecule has 0 aliphatic carbocycles. The lowest BCUT2D eigenvalue weighted by Crippen LogP contribution is -2.32. The summed E-state index contributed by atoms with van der Waals surface area (Å²) < 4.78 is 0. The summed E-state index contributed by atoms with van der Waals surface area (Å²) >= 11 is 6.13. The van der Waals surface area contributed by atoms with Crippen LogP contribution >= 0.6 is 11.6 Å². The van der Waals surface area contributed by atoms with Gasteiger partial charge >= 0.3 is 0 Å². The van der Waals surface area contributed by atoms with Crippen molar-refractivity contribution in [3.8, 4) is 0 Å². The molecular weight excluding hydrogens is 310 g/mol. The third kappa shape index (κ3) is 2.77. The van der Waals surface area contributed by atoms with Crippen molar-refractivity contribution in [2.45, 2.75) is 26.2 Å². The Kier molecular flexibility index (Phi) is 4.22. The van der Waals surface area contributed by atoms with Gasteiger partial charge in [0, 0.05) is 11.4 Å². The maximum Gasteiger partial charge on any atom is 0.238 e. The first kappa shape index (κ1) is 15.8. The monoisotopic (exact) mass is 327 g/mol. The van der Waals surface area contributed by atoms with Crippen LogP contribution in [-0.2, 0) is 9.59 Å². The summed E-state index contributed by atoms with van der Waals surface area (Å²) in [4.78, 5) is 26.6. The van der Waals surface area contributed by atoms with E-state index in [1.165, 1.54) is 4.90 Å². The molecule has 4 heteroatoms. The van der Waals surface area contributed by atoms with Gasteiger partial charge < -0.3 is 0 Å². The van der Waals surface area contributed by atoms with Crippen LogP contribution in [-0.4, -0.2) is 11.8 Å². The summed E-state index contributed by atoms with van der Waals surface area (Å²) in [6.45, 7) is 3.83. The molecular formula is C19H18ClNO2. The molecule has 2 aromatic carbocycles. The normalized spacial score (nSPS) is 19.3. The van der Waals surface area contributed by atoms with Crippen LogP contribution in [0, 0.1) is 12.8 Å². The van der Waals surface area contributed by atoms with Crippen molar-refractivity contribution in [1.29, 1.82) is 0 Å². The standard InChI is InChI=1S/C19H18ClNO2/c1-12(14-7-4-3-5-8-14)15-11-18(22)21(19(15)23)17-10-6-9-16(20)13(17)2/h3-10,12,15H,11H2,1-2H3. The highest BCUT2D eigenvalue weighted by Crippen LogP contribution is 2.37. The van der Waals surface area contributed by atoms with Crippen LogP contribution in [0.5, 0.6) is 0 Å². The first-order chi connectivity index (χ1) is 11.0. The highest BCUT2D eigenvalue weighted by Gasteiger charge is 2.43. The maximum absolute atomic E-state index is 12.9. The van der Waals surface area contributed by atoms with Gasteiger partial charge in [0.25, 0.3) is 0 Å². The van der Waals surface area contributed by atoms with Crippen LogP contribution in [0.25, 0.3) is 0 Å². The largest absolute Gasteiger partial charge is 0.274 e. The number of halogens is 1. The molecule has 2 amide bonds. The van der Waals surface area contributed by atoms with Crippen LogP contribution in [0.2, 0.25) is 5.02 Å². The smallest absolute Gasteiger partial charge is 0.238 e. The number of nitrogens with zero attached hydrogens (tertiary/aromatic N) is 1. The SMILES string of the molecule is Cc1c(Cl)cccc1N1C(=O)CC(C(C)c2ccccc2)C1=O. The Morgan fingerprint density at radius 3 is 2.48 bits per heavy atom. The van der Waals surface area contributed by atoms with E-state index in [0.717, 1.165) is 11.1 Å². The quantitative estimate of drug-likeness (QED) is 0.787. The van der Waals surface area contributed by atoms with Crippen molar-refractivity contribution in [1.82, 2.24) is 0 Å². The number of carbonyl (C=O) groups is 2. The Balaban J connectivity index is 1.93. The molecule has 2 atom stereocenters. The summed E-state index contributed by atoms with van der Waals surface area (Å²) in [5, 5.41) is 0.558. The molecule has 0 aromatic heterocycles. The van der Waals surface area contributed by atoms with Gasteiger partial charge in [0.05, 0.1) is 11.6 Å². The summed E-state index contributed by atoms with van der Waals surface area (Å²) in [7, 11) is 0. The summed E-state index contributed by atoms with van der Waals surface area (Å²) in [5.41, 5.74) is 2.42. The van der Waals surface area contributed by atoms with Gasteiger partial charge in [0.15, 0.2) is 0 Å². The van der Waals surface area contributed by atoms with Gasteiger partial charge in [-0.3, -0.25) is 9.59 Å². The third-order valence-electron chi connectivity index (χ3n) is 4.59. The number of rotatable bonds is 3. The minimum Gasteiger partial charge on any atom is -0.274 e. The number of hydrogen-bond acceptors (Lipinski definition) is 2. The van der Waals surface area contributed by atoms with E-state index in [2.05, 4.69) is 0 Å². The fraction of sp³-hybridized carbons (Fsp3) is 0.263. The zero-order chi connectivity index (χ0) is 16.6. The zero-order valence-corrected chi connectivity index (χ0v) is 13.9. The molecule has 1 saturated heterocycles. The Morgan fingerprint density at radius 2 is 1.78 bits per heavy atom. The van der Waals surface area contributed by atoms with E-state index >= 15 is 0 Å². The average molecular weight is 328 g/mol. The predicted octanol–water partition coefficient (Wildman–Crippen LogP) is 4.33. The van der Waals surface area contributed by atoms with Crippen molar-refractivity contribution in [3.05, 3.63) is 64.7 Å². The molecule has 2 aromatic rings. The fourth-order valence-corrected chi connectivity index (χ4v) is 3.30. The Labute approximate surface area is 140 Å². The van der Waals surface area contributed by atoms with E-state index in [-0.39, 0.29) is 30.1 Å². The molecule has 0 saturated carbocycles. The second kappa shape index (κ2) is 6.17. The topological polar surface area (TPSA) is 37.4 Å². The number of imide groups is 1. The number of anilines is 1. The Morgan fingerprint density at radius 1 is 1.09 bits per heavy atom. The van der Waals surface area contributed by atoms with Crippen LogP contribution < -0.4 is 4.90 Å². The molecule has 118 valence electrons. The van der Waals surface area contributed by atoms with Gasteiger partial charge in [-0.1, -0.05) is 54.9 Å². The van der Waals surface area contributed by atoms with E-state index in [1.807, 2.05) is 44.2 Å². The van der Waals surface area contributed by atoms with E-state index in [4.69, 9.17) is 11.6 Å². The fourth-order valence-electron chi connectivity index (χ4n) is 3.13. The molecule has 0 N–H and O–H groups in total. The zero-order valence-electron chi connectivity index (χ0n) is 13.1. The van der Waals surface area contributed by atoms with Crippen molar-refractivity contribution in [3.63, 3.8) is 0 Å². The van der Waals surface area contributed by atoms with Gasteiger partial charge in [-0.15, -0.1) is 0 Å². The maximum atomic E-state index is 12.9. The van der Waals surface area contributed by atoms with E-state index < -0.39 is 0 Å². The minimum atomic E-state index is -0.330. The second-order valence-electron chi connectivity index (χ2n) is 5.96. The second-order valence-corrected chi connectivity index (χ2v) is 6.37. The molecule has 1 aliphatic heterocycles. The molecule has 3 nitrogen and oxygen atoms in total. The van der Waals surface area contributed by atoms with Crippen molar-refractivity contribution < 1.29 is 9.59 Å². The van der Waals surface area contributed by atoms with E-state index in [0.29, 0.717) is 10.7 Å². The average Bonchev–Trinajstić information content (AvgIpc) is 2.85. The van der Waals surface area contributed by atoms with Gasteiger partial charge in [0.1, 0.15) is 0 Å². The molecule has 3 rings (SSSR count). The van der Waals surface area contributed by atoms with Gasteiger partial charge in [-0.05, 0) is 36.1 Å². The van der Waals surface area contributed by atoms with Gasteiger partial charge in [0.2, 0.25) is 11.8 Å². The van der Waals surface area contributed by atoms with Gasteiger partial charge in [-0.25, -0.2) is 4.90 Å². The summed E-state index contributed by atoms with van der Waals surface area (Å²) in [6, 6.07) is 15.1. The molecule has 1 aliphatic rings. The Bertz CT molecular complexity index is 757. The predicted molar refractivity (Wildman–Crippen MR) is 91.6 cm³/mol. The highest BCUT2D eigenvalue weighted by atomic mass is 35.5. The molecule has 23 heavy (non-hydrogen) atoms. The molecule has 2 unspecified atom stereocenters. The molecule has 1 heterocycles. The first-order valence-electron chi connectivity index (χ1n) is 7.67. The third-order valence-corrected chi connectivity index (χ3v) is 5.00. The van der Waals surface area contributed by atoms with Crippen LogP contribution in [0.4, 0.5) is 5.69 Å². The van der Waals surface area contributed by atoms with Gasteiger partial charge in [-0.2, -0.15) is 0 Å². The molecule has 0 radical (unpaired) electrons.